The monoisotopic (exact) mass is 368 g/mol. The number of halogens is 1. The van der Waals surface area contributed by atoms with Gasteiger partial charge >= 0.3 is 0 Å². The Kier molecular flexibility index (Phi) is 5.71. The topological polar surface area (TPSA) is 60.5 Å². The number of rotatable bonds is 6. The summed E-state index contributed by atoms with van der Waals surface area (Å²) in [7, 11) is 0. The zero-order chi connectivity index (χ0) is 18.4. The average Bonchev–Trinajstić information content (AvgIpc) is 2.64. The normalized spacial score (nSPS) is 10.2. The molecule has 3 rings (SSSR count). The van der Waals surface area contributed by atoms with Crippen molar-refractivity contribution in [3.63, 3.8) is 0 Å². The molecule has 5 nitrogen and oxygen atoms in total. The highest BCUT2D eigenvalue weighted by atomic mass is 35.5. The number of amides is 1. The Morgan fingerprint density at radius 3 is 2.54 bits per heavy atom. The SMILES string of the molecule is Cc1cc(Cl)ccc1NC(=O)COc1ccc(Oc2ccccn2)cc1. The quantitative estimate of drug-likeness (QED) is 0.675. The summed E-state index contributed by atoms with van der Waals surface area (Å²) >= 11 is 5.91. The summed E-state index contributed by atoms with van der Waals surface area (Å²) < 4.78 is 11.1. The number of nitrogens with zero attached hydrogens (tertiary/aromatic N) is 1. The van der Waals surface area contributed by atoms with Gasteiger partial charge in [-0.3, -0.25) is 4.79 Å². The molecule has 0 atom stereocenters. The van der Waals surface area contributed by atoms with Gasteiger partial charge in [0.25, 0.3) is 5.91 Å². The first-order valence-electron chi connectivity index (χ1n) is 7.98. The summed E-state index contributed by atoms with van der Waals surface area (Å²) in [5.74, 6) is 1.47. The fourth-order valence-electron chi connectivity index (χ4n) is 2.23. The number of nitrogens with one attached hydrogen (secondary N) is 1. The number of ether oxygens (including phenoxy) is 2. The van der Waals surface area contributed by atoms with Crippen LogP contribution < -0.4 is 14.8 Å². The highest BCUT2D eigenvalue weighted by molar-refractivity contribution is 6.30. The van der Waals surface area contributed by atoms with Crippen LogP contribution in [-0.4, -0.2) is 17.5 Å². The van der Waals surface area contributed by atoms with Gasteiger partial charge in [0.1, 0.15) is 11.5 Å². The Balaban J connectivity index is 1.52. The third kappa shape index (κ3) is 4.97. The van der Waals surface area contributed by atoms with Gasteiger partial charge in [0.05, 0.1) is 0 Å². The van der Waals surface area contributed by atoms with Gasteiger partial charge in [-0.2, -0.15) is 0 Å². The summed E-state index contributed by atoms with van der Waals surface area (Å²) in [4.78, 5) is 16.1. The third-order valence-electron chi connectivity index (χ3n) is 3.52. The number of carbonyl (C=O) groups excluding carboxylic acids is 1. The van der Waals surface area contributed by atoms with Crippen LogP contribution in [0.3, 0.4) is 0 Å². The minimum atomic E-state index is -0.246. The maximum atomic E-state index is 12.0. The minimum absolute atomic E-state index is 0.0947. The second-order valence-electron chi connectivity index (χ2n) is 5.54. The maximum Gasteiger partial charge on any atom is 0.262 e. The van der Waals surface area contributed by atoms with Gasteiger partial charge in [0.2, 0.25) is 5.88 Å². The molecule has 0 aliphatic heterocycles. The molecule has 26 heavy (non-hydrogen) atoms. The summed E-state index contributed by atoms with van der Waals surface area (Å²) in [6.45, 7) is 1.78. The number of pyridine rings is 1. The van der Waals surface area contributed by atoms with Crippen molar-refractivity contribution in [3.05, 3.63) is 77.4 Å². The molecule has 3 aromatic rings. The number of hydrogen-bond acceptors (Lipinski definition) is 4. The van der Waals surface area contributed by atoms with Crippen LogP contribution in [-0.2, 0) is 4.79 Å². The van der Waals surface area contributed by atoms with E-state index in [2.05, 4.69) is 10.3 Å². The molecular formula is C20H17ClN2O3. The molecule has 0 aliphatic rings. The van der Waals surface area contributed by atoms with Gasteiger partial charge in [0.15, 0.2) is 6.61 Å². The van der Waals surface area contributed by atoms with Crippen LogP contribution in [0.15, 0.2) is 66.9 Å². The molecule has 0 bridgehead atoms. The van der Waals surface area contributed by atoms with Crippen LogP contribution in [0.2, 0.25) is 5.02 Å². The molecule has 0 saturated carbocycles. The van der Waals surface area contributed by atoms with Gasteiger partial charge < -0.3 is 14.8 Å². The lowest BCUT2D eigenvalue weighted by molar-refractivity contribution is -0.118. The van der Waals surface area contributed by atoms with Crippen LogP contribution in [0.1, 0.15) is 5.56 Å². The van der Waals surface area contributed by atoms with Crippen LogP contribution in [0.4, 0.5) is 5.69 Å². The Morgan fingerprint density at radius 1 is 1.08 bits per heavy atom. The number of carbonyl (C=O) groups is 1. The fraction of sp³-hybridized carbons (Fsp3) is 0.100. The van der Waals surface area contributed by atoms with Crippen LogP contribution >= 0.6 is 11.6 Å². The molecule has 1 aromatic heterocycles. The number of hydrogen-bond donors (Lipinski definition) is 1. The molecule has 0 spiro atoms. The third-order valence-corrected chi connectivity index (χ3v) is 3.75. The van der Waals surface area contributed by atoms with Crippen molar-refractivity contribution < 1.29 is 14.3 Å². The molecule has 1 amide bonds. The van der Waals surface area contributed by atoms with E-state index in [0.29, 0.717) is 28.1 Å². The van der Waals surface area contributed by atoms with Crippen molar-refractivity contribution in [1.29, 1.82) is 0 Å². The van der Waals surface area contributed by atoms with Gasteiger partial charge in [-0.15, -0.1) is 0 Å². The summed E-state index contributed by atoms with van der Waals surface area (Å²) in [6, 6.07) is 17.7. The van der Waals surface area contributed by atoms with Crippen LogP contribution in [0.5, 0.6) is 17.4 Å². The predicted octanol–water partition coefficient (Wildman–Crippen LogP) is 4.85. The molecule has 132 valence electrons. The smallest absolute Gasteiger partial charge is 0.262 e. The van der Waals surface area contributed by atoms with E-state index < -0.39 is 0 Å². The highest BCUT2D eigenvalue weighted by Gasteiger charge is 2.07. The summed E-state index contributed by atoms with van der Waals surface area (Å²) in [6.07, 6.45) is 1.66. The largest absolute Gasteiger partial charge is 0.484 e. The predicted molar refractivity (Wildman–Crippen MR) is 101 cm³/mol. The van der Waals surface area contributed by atoms with Crippen LogP contribution in [0.25, 0.3) is 0 Å². The molecule has 1 heterocycles. The molecule has 0 saturated heterocycles. The highest BCUT2D eigenvalue weighted by Crippen LogP contribution is 2.22. The van der Waals surface area contributed by atoms with E-state index in [1.807, 2.05) is 19.1 Å². The fourth-order valence-corrected chi connectivity index (χ4v) is 2.46. The lowest BCUT2D eigenvalue weighted by Crippen LogP contribution is -2.20. The van der Waals surface area contributed by atoms with E-state index in [0.717, 1.165) is 5.56 Å². The molecular weight excluding hydrogens is 352 g/mol. The van der Waals surface area contributed by atoms with E-state index >= 15 is 0 Å². The second kappa shape index (κ2) is 8.36. The first-order chi connectivity index (χ1) is 12.6. The van der Waals surface area contributed by atoms with Crippen molar-refractivity contribution in [3.8, 4) is 17.4 Å². The van der Waals surface area contributed by atoms with Gasteiger partial charge in [-0.25, -0.2) is 4.98 Å². The van der Waals surface area contributed by atoms with E-state index in [1.165, 1.54) is 0 Å². The minimum Gasteiger partial charge on any atom is -0.484 e. The maximum absolute atomic E-state index is 12.0. The Morgan fingerprint density at radius 2 is 1.85 bits per heavy atom. The zero-order valence-corrected chi connectivity index (χ0v) is 14.9. The van der Waals surface area contributed by atoms with Gasteiger partial charge in [-0.1, -0.05) is 17.7 Å². The van der Waals surface area contributed by atoms with E-state index in [-0.39, 0.29) is 12.5 Å². The van der Waals surface area contributed by atoms with Gasteiger partial charge in [-0.05, 0) is 61.0 Å². The van der Waals surface area contributed by atoms with Crippen molar-refractivity contribution in [2.75, 3.05) is 11.9 Å². The number of benzene rings is 2. The molecule has 6 heteroatoms. The Labute approximate surface area is 156 Å². The van der Waals surface area contributed by atoms with Crippen molar-refractivity contribution in [1.82, 2.24) is 4.98 Å². The molecule has 0 fully saturated rings. The molecule has 0 aliphatic carbocycles. The lowest BCUT2D eigenvalue weighted by atomic mass is 10.2. The Bertz CT molecular complexity index is 883. The molecule has 1 N–H and O–H groups in total. The summed E-state index contributed by atoms with van der Waals surface area (Å²) in [5.41, 5.74) is 1.60. The van der Waals surface area contributed by atoms with E-state index in [1.54, 1.807) is 54.7 Å². The summed E-state index contributed by atoms with van der Waals surface area (Å²) in [5, 5.41) is 3.43. The van der Waals surface area contributed by atoms with Crippen molar-refractivity contribution >= 4 is 23.2 Å². The molecule has 0 radical (unpaired) electrons. The number of aryl methyl sites for hydroxylation is 1. The molecule has 0 unspecified atom stereocenters. The van der Waals surface area contributed by atoms with E-state index in [4.69, 9.17) is 21.1 Å². The second-order valence-corrected chi connectivity index (χ2v) is 5.97. The number of anilines is 1. The van der Waals surface area contributed by atoms with Crippen molar-refractivity contribution in [2.24, 2.45) is 0 Å². The number of aromatic nitrogens is 1. The lowest BCUT2D eigenvalue weighted by Gasteiger charge is -2.10. The van der Waals surface area contributed by atoms with Crippen LogP contribution in [0, 0.1) is 6.92 Å². The molecule has 2 aromatic carbocycles. The Hall–Kier alpha value is -3.05. The van der Waals surface area contributed by atoms with Crippen molar-refractivity contribution in [2.45, 2.75) is 6.92 Å². The first-order valence-corrected chi connectivity index (χ1v) is 8.36. The standard InChI is InChI=1S/C20H17ClN2O3/c1-14-12-15(21)5-10-18(14)23-19(24)13-25-16-6-8-17(9-7-16)26-20-4-2-3-11-22-20/h2-12H,13H2,1H3,(H,23,24). The average molecular weight is 369 g/mol. The van der Waals surface area contributed by atoms with Gasteiger partial charge in [0, 0.05) is 23.0 Å². The first kappa shape index (κ1) is 17.8. The zero-order valence-electron chi connectivity index (χ0n) is 14.1. The van der Waals surface area contributed by atoms with E-state index in [9.17, 15) is 4.79 Å².